The van der Waals surface area contributed by atoms with Crippen molar-refractivity contribution >= 4 is 23.2 Å². The second-order valence-electron chi connectivity index (χ2n) is 8.31. The largest absolute Gasteiger partial charge is 0.324 e. The number of pyridine rings is 1. The summed E-state index contributed by atoms with van der Waals surface area (Å²) < 4.78 is 42.0. The van der Waals surface area contributed by atoms with Gasteiger partial charge < -0.3 is 15.2 Å². The van der Waals surface area contributed by atoms with Gasteiger partial charge in [0.25, 0.3) is 5.91 Å². The highest BCUT2D eigenvalue weighted by atomic mass is 16.1. The maximum atomic E-state index is 13.3. The summed E-state index contributed by atoms with van der Waals surface area (Å²) in [5.74, 6) is -0.301. The Bertz CT molecular complexity index is 1750. The van der Waals surface area contributed by atoms with Gasteiger partial charge >= 0.3 is 0 Å². The first kappa shape index (κ1) is 17.6. The molecule has 0 bridgehead atoms. The minimum Gasteiger partial charge on any atom is -0.324 e. The van der Waals surface area contributed by atoms with E-state index in [0.717, 1.165) is 11.1 Å². The third kappa shape index (κ3) is 5.15. The second kappa shape index (κ2) is 9.84. The highest BCUT2D eigenvalue weighted by Crippen LogP contribution is 2.24. The number of anilines is 3. The third-order valence-corrected chi connectivity index (χ3v) is 5.42. The summed E-state index contributed by atoms with van der Waals surface area (Å²) in [7, 11) is 0. The molecule has 0 unspecified atom stereocenters. The number of aryl methyl sites for hydroxylation is 3. The van der Waals surface area contributed by atoms with Crippen molar-refractivity contribution in [3.05, 3.63) is 114 Å². The van der Waals surface area contributed by atoms with Gasteiger partial charge in [-0.3, -0.25) is 9.78 Å². The quantitative estimate of drug-likeness (QED) is 0.301. The van der Waals surface area contributed by atoms with E-state index in [9.17, 15) is 4.79 Å². The molecule has 0 atom stereocenters. The number of benzene rings is 2. The molecule has 7 heteroatoms. The summed E-state index contributed by atoms with van der Waals surface area (Å²) in [6.07, 6.45) is 5.23. The van der Waals surface area contributed by atoms with Crippen LogP contribution in [0.5, 0.6) is 0 Å². The van der Waals surface area contributed by atoms with Crippen LogP contribution < -0.4 is 10.6 Å². The van der Waals surface area contributed by atoms with Crippen LogP contribution in [0.1, 0.15) is 33.9 Å². The number of carbonyl (C=O) groups is 1. The zero-order chi connectivity index (χ0) is 29.3. The summed E-state index contributed by atoms with van der Waals surface area (Å²) in [6, 6.07) is 16.5. The van der Waals surface area contributed by atoms with Gasteiger partial charge in [0.2, 0.25) is 5.95 Å². The molecule has 2 aromatic carbocycles. The Labute approximate surface area is 216 Å². The Balaban J connectivity index is 1.46. The summed E-state index contributed by atoms with van der Waals surface area (Å²) >= 11 is 0. The number of nitrogens with one attached hydrogen (secondary N) is 2. The van der Waals surface area contributed by atoms with Gasteiger partial charge in [0, 0.05) is 63.2 Å². The van der Waals surface area contributed by atoms with E-state index in [1.807, 2.05) is 19.1 Å². The van der Waals surface area contributed by atoms with Crippen LogP contribution in [0, 0.1) is 20.7 Å². The number of rotatable bonds is 6. The van der Waals surface area contributed by atoms with Gasteiger partial charge in [0.15, 0.2) is 0 Å². The van der Waals surface area contributed by atoms with Gasteiger partial charge in [-0.25, -0.2) is 9.97 Å². The molecule has 5 rings (SSSR count). The van der Waals surface area contributed by atoms with Crippen LogP contribution in [0.2, 0.25) is 0 Å². The molecule has 178 valence electrons. The van der Waals surface area contributed by atoms with E-state index in [1.165, 1.54) is 22.8 Å². The predicted molar refractivity (Wildman–Crippen MR) is 143 cm³/mol. The van der Waals surface area contributed by atoms with E-state index < -0.39 is 12.8 Å². The predicted octanol–water partition coefficient (Wildman–Crippen LogP) is 6.25. The van der Waals surface area contributed by atoms with Crippen molar-refractivity contribution in [1.82, 2.24) is 19.5 Å². The van der Waals surface area contributed by atoms with Crippen molar-refractivity contribution in [2.45, 2.75) is 20.7 Å². The smallest absolute Gasteiger partial charge is 0.255 e. The lowest BCUT2D eigenvalue weighted by atomic mass is 10.1. The number of hydrogen-bond acceptors (Lipinski definition) is 5. The Morgan fingerprint density at radius 3 is 2.72 bits per heavy atom. The van der Waals surface area contributed by atoms with Crippen molar-refractivity contribution in [2.24, 2.45) is 0 Å². The van der Waals surface area contributed by atoms with Crippen molar-refractivity contribution in [3.63, 3.8) is 0 Å². The zero-order valence-corrected chi connectivity index (χ0v) is 19.7. The van der Waals surface area contributed by atoms with E-state index in [0.29, 0.717) is 22.6 Å². The van der Waals surface area contributed by atoms with Crippen LogP contribution >= 0.6 is 0 Å². The van der Waals surface area contributed by atoms with Crippen molar-refractivity contribution in [2.75, 3.05) is 10.6 Å². The molecule has 0 fully saturated rings. The molecular weight excluding hydrogens is 448 g/mol. The first-order chi connectivity index (χ1) is 19.5. The highest BCUT2D eigenvalue weighted by Gasteiger charge is 2.12. The summed E-state index contributed by atoms with van der Waals surface area (Å²) in [5.41, 5.74) is 4.31. The molecule has 5 aromatic rings. The molecule has 0 aliphatic rings. The second-order valence-corrected chi connectivity index (χ2v) is 8.31. The first-order valence-electron chi connectivity index (χ1n) is 13.7. The van der Waals surface area contributed by atoms with Crippen LogP contribution in [0.4, 0.5) is 17.3 Å². The van der Waals surface area contributed by atoms with Crippen LogP contribution in [-0.2, 0) is 0 Å². The van der Waals surface area contributed by atoms with E-state index in [-0.39, 0.29) is 35.1 Å². The maximum Gasteiger partial charge on any atom is 0.255 e. The summed E-state index contributed by atoms with van der Waals surface area (Å²) in [5, 5.41) is 5.83. The molecule has 0 spiro atoms. The van der Waals surface area contributed by atoms with Crippen LogP contribution in [0.15, 0.2) is 91.6 Å². The Kier molecular flexibility index (Phi) is 4.82. The fourth-order valence-electron chi connectivity index (χ4n) is 3.71. The molecule has 3 aromatic heterocycles. The molecule has 0 saturated heterocycles. The molecule has 7 nitrogen and oxygen atoms in total. The highest BCUT2D eigenvalue weighted by molar-refractivity contribution is 6.05. The topological polar surface area (TPSA) is 84.7 Å². The summed E-state index contributed by atoms with van der Waals surface area (Å²) in [4.78, 5) is 26.1. The molecule has 1 amide bonds. The van der Waals surface area contributed by atoms with Crippen LogP contribution in [-0.4, -0.2) is 25.4 Å². The van der Waals surface area contributed by atoms with Gasteiger partial charge in [-0.1, -0.05) is 6.07 Å². The number of aromatic nitrogens is 4. The van der Waals surface area contributed by atoms with E-state index >= 15 is 0 Å². The number of amides is 1. The molecule has 3 heterocycles. The maximum absolute atomic E-state index is 13.3. The monoisotopic (exact) mass is 479 g/mol. The number of carbonyl (C=O) groups excluding carboxylic acids is 1. The minimum atomic E-state index is -2.46. The number of nitrogens with zero attached hydrogens (tertiary/aromatic N) is 4. The normalized spacial score (nSPS) is 13.1. The number of hydrogen-bond donors (Lipinski definition) is 2. The van der Waals surface area contributed by atoms with Crippen LogP contribution in [0.3, 0.4) is 0 Å². The van der Waals surface area contributed by atoms with Crippen LogP contribution in [0.25, 0.3) is 16.9 Å². The first-order valence-corrected chi connectivity index (χ1v) is 11.2. The average molecular weight is 480 g/mol. The fourth-order valence-corrected chi connectivity index (χ4v) is 3.71. The minimum absolute atomic E-state index is 0.0104. The Morgan fingerprint density at radius 2 is 1.94 bits per heavy atom. The van der Waals surface area contributed by atoms with Crippen molar-refractivity contribution < 1.29 is 11.6 Å². The van der Waals surface area contributed by atoms with Gasteiger partial charge in [0.1, 0.15) is 0 Å². The standard InChI is InChI=1S/C29H26N6O/c1-19-9-12-35(18-19)25-14-20(2)13-24(16-25)32-28(36)22-7-6-21(3)27(15-22)34-29-31-11-8-26(33-29)23-5-4-10-30-17-23/h4-18H,1-3H3,(H,32,36)(H,31,33,34)/i3D3,12D,18D. The molecular formula is C29H26N6O. The molecule has 36 heavy (non-hydrogen) atoms. The van der Waals surface area contributed by atoms with E-state index in [4.69, 9.17) is 6.85 Å². The zero-order valence-electron chi connectivity index (χ0n) is 24.7. The van der Waals surface area contributed by atoms with E-state index in [2.05, 4.69) is 25.6 Å². The van der Waals surface area contributed by atoms with Crippen molar-refractivity contribution in [3.8, 4) is 16.9 Å². The van der Waals surface area contributed by atoms with E-state index in [1.54, 1.807) is 55.8 Å². The average Bonchev–Trinajstić information content (AvgIpc) is 3.18. The lowest BCUT2D eigenvalue weighted by Crippen LogP contribution is -2.13. The lowest BCUT2D eigenvalue weighted by molar-refractivity contribution is 0.102. The molecule has 0 aliphatic carbocycles. The molecule has 0 aliphatic heterocycles. The third-order valence-electron chi connectivity index (χ3n) is 5.42. The Hall–Kier alpha value is -4.78. The van der Waals surface area contributed by atoms with Gasteiger partial charge in [-0.15, -0.1) is 0 Å². The molecule has 0 saturated carbocycles. The molecule has 2 N–H and O–H groups in total. The van der Waals surface area contributed by atoms with Gasteiger partial charge in [-0.05, 0) is 92.0 Å². The van der Waals surface area contributed by atoms with Gasteiger partial charge in [-0.2, -0.15) is 0 Å². The van der Waals surface area contributed by atoms with Crippen molar-refractivity contribution in [1.29, 1.82) is 0 Å². The summed E-state index contributed by atoms with van der Waals surface area (Å²) in [6.45, 7) is 1.17. The van der Waals surface area contributed by atoms with Gasteiger partial charge in [0.05, 0.1) is 8.44 Å². The molecule has 0 radical (unpaired) electrons. The fraction of sp³-hybridized carbons (Fsp3) is 0.103. The Morgan fingerprint density at radius 1 is 1.03 bits per heavy atom. The lowest BCUT2D eigenvalue weighted by Gasteiger charge is -2.13. The SMILES string of the molecule is [2H]c1cc(C)c([2H])n1-c1cc(C)cc(NC(=O)c2ccc(C([2H])([2H])[2H])c(Nc3nccc(-c4cccnc4)n3)c2)c1.